The number of rotatable bonds is 7. The van der Waals surface area contributed by atoms with E-state index in [1.54, 1.807) is 20.1 Å². The number of benzene rings is 1. The molecule has 2 N–H and O–H groups in total. The summed E-state index contributed by atoms with van der Waals surface area (Å²) >= 11 is 0. The summed E-state index contributed by atoms with van der Waals surface area (Å²) in [4.78, 5) is 12.2. The molecule has 1 unspecified atom stereocenters. The summed E-state index contributed by atoms with van der Waals surface area (Å²) in [6, 6.07) is 9.13. The van der Waals surface area contributed by atoms with E-state index in [4.69, 9.17) is 9.26 Å². The van der Waals surface area contributed by atoms with Gasteiger partial charge >= 0.3 is 0 Å². The van der Waals surface area contributed by atoms with Crippen molar-refractivity contribution in [1.82, 2.24) is 10.5 Å². The number of aryl methyl sites for hydroxylation is 1. The van der Waals surface area contributed by atoms with Crippen LogP contribution in [0, 0.1) is 6.92 Å². The number of carbonyl (C=O) groups excluding carboxylic acids is 1. The lowest BCUT2D eigenvalue weighted by Gasteiger charge is -2.16. The first kappa shape index (κ1) is 16.0. The molecule has 0 fully saturated rings. The maximum Gasteiger partial charge on any atom is 0.242 e. The van der Waals surface area contributed by atoms with Crippen LogP contribution < -0.4 is 15.4 Å². The van der Waals surface area contributed by atoms with Gasteiger partial charge in [0.15, 0.2) is 5.82 Å². The van der Waals surface area contributed by atoms with Crippen LogP contribution in [0.25, 0.3) is 0 Å². The van der Waals surface area contributed by atoms with E-state index in [-0.39, 0.29) is 11.9 Å². The van der Waals surface area contributed by atoms with Crippen LogP contribution in [-0.4, -0.2) is 24.2 Å². The minimum absolute atomic E-state index is 0.121. The van der Waals surface area contributed by atoms with Crippen LogP contribution in [0.15, 0.2) is 34.9 Å². The lowest BCUT2D eigenvalue weighted by Crippen LogP contribution is -2.39. The third-order valence-corrected chi connectivity index (χ3v) is 3.32. The lowest BCUT2D eigenvalue weighted by atomic mass is 10.1. The van der Waals surface area contributed by atoms with Gasteiger partial charge in [0.25, 0.3) is 0 Å². The second kappa shape index (κ2) is 7.61. The smallest absolute Gasteiger partial charge is 0.242 e. The zero-order valence-corrected chi connectivity index (χ0v) is 13.1. The van der Waals surface area contributed by atoms with Crippen molar-refractivity contribution in [3.8, 4) is 5.75 Å². The molecule has 6 heteroatoms. The molecular formula is C16H21N3O3. The zero-order valence-electron chi connectivity index (χ0n) is 13.1. The molecule has 0 saturated heterocycles. The first-order chi connectivity index (χ1) is 10.6. The maximum absolute atomic E-state index is 12.2. The highest BCUT2D eigenvalue weighted by molar-refractivity contribution is 5.93. The zero-order chi connectivity index (χ0) is 15.9. The molecule has 0 bridgehead atoms. The summed E-state index contributed by atoms with van der Waals surface area (Å²) in [5.74, 6) is 1.79. The summed E-state index contributed by atoms with van der Waals surface area (Å²) in [5.41, 5.74) is 1.09. The van der Waals surface area contributed by atoms with Crippen LogP contribution in [0.3, 0.4) is 0 Å². The van der Waals surface area contributed by atoms with Crippen LogP contribution in [0.2, 0.25) is 0 Å². The highest BCUT2D eigenvalue weighted by Crippen LogP contribution is 2.12. The van der Waals surface area contributed by atoms with Gasteiger partial charge in [0, 0.05) is 12.6 Å². The van der Waals surface area contributed by atoms with Crippen molar-refractivity contribution in [3.63, 3.8) is 0 Å². The van der Waals surface area contributed by atoms with Gasteiger partial charge in [-0.1, -0.05) is 24.2 Å². The van der Waals surface area contributed by atoms with E-state index in [1.165, 1.54) is 0 Å². The van der Waals surface area contributed by atoms with Gasteiger partial charge in [-0.15, -0.1) is 0 Å². The first-order valence-corrected chi connectivity index (χ1v) is 7.23. The number of ether oxygens (including phenoxy) is 1. The summed E-state index contributed by atoms with van der Waals surface area (Å²) in [6.45, 7) is 4.34. The molecule has 1 heterocycles. The number of nitrogens with zero attached hydrogens (tertiary/aromatic N) is 1. The monoisotopic (exact) mass is 303 g/mol. The summed E-state index contributed by atoms with van der Waals surface area (Å²) in [6.07, 6.45) is 0.679. The predicted octanol–water partition coefficient (Wildman–Crippen LogP) is 2.50. The van der Waals surface area contributed by atoms with Crippen LogP contribution >= 0.6 is 0 Å². The summed E-state index contributed by atoms with van der Waals surface area (Å²) in [7, 11) is 1.64. The second-order valence-electron chi connectivity index (χ2n) is 5.00. The molecule has 0 radical (unpaired) electrons. The Morgan fingerprint density at radius 2 is 2.09 bits per heavy atom. The predicted molar refractivity (Wildman–Crippen MR) is 83.8 cm³/mol. The number of amides is 1. The van der Waals surface area contributed by atoms with Crippen molar-refractivity contribution in [3.05, 3.63) is 41.7 Å². The van der Waals surface area contributed by atoms with Gasteiger partial charge in [0.05, 0.1) is 13.2 Å². The maximum atomic E-state index is 12.2. The molecule has 1 atom stereocenters. The Balaban J connectivity index is 1.89. The fraction of sp³-hybridized carbons (Fsp3) is 0.375. The number of hydrogen-bond donors (Lipinski definition) is 2. The molecule has 0 saturated carbocycles. The first-order valence-electron chi connectivity index (χ1n) is 7.23. The van der Waals surface area contributed by atoms with Crippen molar-refractivity contribution < 1.29 is 14.1 Å². The van der Waals surface area contributed by atoms with Crippen LogP contribution in [0.1, 0.15) is 24.7 Å². The number of hydrogen-bond acceptors (Lipinski definition) is 5. The Bertz CT molecular complexity index is 607. The number of methoxy groups -OCH3 is 1. The van der Waals surface area contributed by atoms with E-state index in [0.29, 0.717) is 24.5 Å². The molecule has 1 amide bonds. The van der Waals surface area contributed by atoms with E-state index in [9.17, 15) is 4.79 Å². The molecule has 1 aromatic carbocycles. The highest BCUT2D eigenvalue weighted by Gasteiger charge is 2.17. The third kappa shape index (κ3) is 4.33. The average Bonchev–Trinajstić information content (AvgIpc) is 2.93. The summed E-state index contributed by atoms with van der Waals surface area (Å²) in [5, 5.41) is 9.74. The van der Waals surface area contributed by atoms with E-state index < -0.39 is 0 Å². The van der Waals surface area contributed by atoms with Crippen molar-refractivity contribution in [2.75, 3.05) is 12.4 Å². The molecule has 1 aromatic heterocycles. The van der Waals surface area contributed by atoms with E-state index in [1.807, 2.05) is 31.2 Å². The van der Waals surface area contributed by atoms with Crippen molar-refractivity contribution >= 4 is 11.7 Å². The van der Waals surface area contributed by atoms with Crippen LogP contribution in [0.4, 0.5) is 5.82 Å². The molecule has 0 aliphatic carbocycles. The molecule has 0 aliphatic rings. The number of nitrogens with one attached hydrogen (secondary N) is 2. The SMILES string of the molecule is CCC(NCc1ccc(OC)cc1)C(=O)Nc1cc(C)on1. The van der Waals surface area contributed by atoms with Crippen molar-refractivity contribution in [2.45, 2.75) is 32.9 Å². The largest absolute Gasteiger partial charge is 0.497 e. The Hall–Kier alpha value is -2.34. The number of anilines is 1. The van der Waals surface area contributed by atoms with Crippen molar-refractivity contribution in [1.29, 1.82) is 0 Å². The minimum Gasteiger partial charge on any atom is -0.497 e. The fourth-order valence-corrected chi connectivity index (χ4v) is 2.05. The summed E-state index contributed by atoms with van der Waals surface area (Å²) < 4.78 is 10.1. The van der Waals surface area contributed by atoms with Gasteiger partial charge in [-0.25, -0.2) is 0 Å². The molecule has 118 valence electrons. The van der Waals surface area contributed by atoms with Gasteiger partial charge in [0.2, 0.25) is 5.91 Å². The Labute approximate surface area is 129 Å². The Morgan fingerprint density at radius 1 is 1.36 bits per heavy atom. The molecular weight excluding hydrogens is 282 g/mol. The average molecular weight is 303 g/mol. The fourth-order valence-electron chi connectivity index (χ4n) is 2.05. The normalized spacial score (nSPS) is 12.0. The van der Waals surface area contributed by atoms with E-state index >= 15 is 0 Å². The van der Waals surface area contributed by atoms with Crippen LogP contribution in [-0.2, 0) is 11.3 Å². The third-order valence-electron chi connectivity index (χ3n) is 3.32. The molecule has 22 heavy (non-hydrogen) atoms. The topological polar surface area (TPSA) is 76.4 Å². The standard InChI is InChI=1S/C16H21N3O3/c1-4-14(16(20)18-15-9-11(2)22-19-15)17-10-12-5-7-13(21-3)8-6-12/h5-9,14,17H,4,10H2,1-3H3,(H,18,19,20). The Morgan fingerprint density at radius 3 is 2.64 bits per heavy atom. The Kier molecular flexibility index (Phi) is 5.55. The molecule has 6 nitrogen and oxygen atoms in total. The van der Waals surface area contributed by atoms with Gasteiger partial charge in [-0.3, -0.25) is 4.79 Å². The van der Waals surface area contributed by atoms with E-state index in [0.717, 1.165) is 11.3 Å². The van der Waals surface area contributed by atoms with Gasteiger partial charge in [-0.05, 0) is 31.0 Å². The molecule has 0 aliphatic heterocycles. The van der Waals surface area contributed by atoms with Gasteiger partial charge < -0.3 is 19.9 Å². The van der Waals surface area contributed by atoms with E-state index in [2.05, 4.69) is 15.8 Å². The molecule has 0 spiro atoms. The van der Waals surface area contributed by atoms with Crippen LogP contribution in [0.5, 0.6) is 5.75 Å². The van der Waals surface area contributed by atoms with Gasteiger partial charge in [0.1, 0.15) is 11.5 Å². The van der Waals surface area contributed by atoms with Gasteiger partial charge in [-0.2, -0.15) is 0 Å². The minimum atomic E-state index is -0.292. The quantitative estimate of drug-likeness (QED) is 0.822. The number of aromatic nitrogens is 1. The lowest BCUT2D eigenvalue weighted by molar-refractivity contribution is -0.118. The van der Waals surface area contributed by atoms with Crippen molar-refractivity contribution in [2.24, 2.45) is 0 Å². The molecule has 2 aromatic rings. The second-order valence-corrected chi connectivity index (χ2v) is 5.00. The highest BCUT2D eigenvalue weighted by atomic mass is 16.5. The molecule has 2 rings (SSSR count). The number of carbonyl (C=O) groups is 1.